The lowest BCUT2D eigenvalue weighted by Crippen LogP contribution is -2.20. The van der Waals surface area contributed by atoms with Crippen LogP contribution >= 0.6 is 0 Å². The fourth-order valence-electron chi connectivity index (χ4n) is 2.07. The van der Waals surface area contributed by atoms with Crippen LogP contribution in [0.3, 0.4) is 0 Å². The molecule has 3 aromatic rings. The maximum Gasteiger partial charge on any atom is 0.386 e. The average molecular weight is 291 g/mol. The highest BCUT2D eigenvalue weighted by Gasteiger charge is 2.19. The zero-order chi connectivity index (χ0) is 15.5. The van der Waals surface area contributed by atoms with Crippen molar-refractivity contribution in [2.45, 2.75) is 6.92 Å². The molecule has 0 bridgehead atoms. The Morgan fingerprint density at radius 3 is 2.41 bits per heavy atom. The number of aromatic nitrogens is 1. The lowest BCUT2D eigenvalue weighted by atomic mass is 10.1. The van der Waals surface area contributed by atoms with Gasteiger partial charge in [0.2, 0.25) is 5.88 Å². The molecule has 0 saturated heterocycles. The second kappa shape index (κ2) is 5.77. The average Bonchev–Trinajstić information content (AvgIpc) is 2.55. The van der Waals surface area contributed by atoms with E-state index < -0.39 is 11.8 Å². The number of aryl methyl sites for hydroxylation is 1. The number of carbonyl (C=O) groups excluding carboxylic acids is 2. The molecule has 0 aliphatic heterocycles. The van der Waals surface area contributed by atoms with Gasteiger partial charge in [0.25, 0.3) is 5.78 Å². The molecule has 2 aromatic carbocycles. The first kappa shape index (κ1) is 13.9. The van der Waals surface area contributed by atoms with Gasteiger partial charge in [-0.3, -0.25) is 4.79 Å². The van der Waals surface area contributed by atoms with Crippen LogP contribution in [0.25, 0.3) is 10.9 Å². The summed E-state index contributed by atoms with van der Waals surface area (Å²) in [4.78, 5) is 28.2. The largest absolute Gasteiger partial charge is 0.401 e. The zero-order valence-electron chi connectivity index (χ0n) is 11.9. The summed E-state index contributed by atoms with van der Waals surface area (Å²) in [5.41, 5.74) is 2.02. The molecule has 4 nitrogen and oxygen atoms in total. The smallest absolute Gasteiger partial charge is 0.386 e. The Bertz CT molecular complexity index is 854. The lowest BCUT2D eigenvalue weighted by Gasteiger charge is -2.04. The van der Waals surface area contributed by atoms with Crippen molar-refractivity contribution in [1.82, 2.24) is 4.98 Å². The fraction of sp³-hybridized carbons (Fsp3) is 0.0556. The number of ketones is 1. The SMILES string of the molecule is Cc1ccc(C(=O)C(=O)Oc2ccc3ccccc3n2)cc1. The van der Waals surface area contributed by atoms with Crippen LogP contribution in [0.15, 0.2) is 60.7 Å². The summed E-state index contributed by atoms with van der Waals surface area (Å²) >= 11 is 0. The number of esters is 1. The van der Waals surface area contributed by atoms with E-state index in [1.807, 2.05) is 31.2 Å². The van der Waals surface area contributed by atoms with E-state index in [0.29, 0.717) is 11.1 Å². The van der Waals surface area contributed by atoms with Crippen LogP contribution in [0.2, 0.25) is 0 Å². The van der Waals surface area contributed by atoms with Crippen LogP contribution in [0.4, 0.5) is 0 Å². The van der Waals surface area contributed by atoms with Crippen molar-refractivity contribution in [2.75, 3.05) is 0 Å². The van der Waals surface area contributed by atoms with Crippen molar-refractivity contribution in [3.8, 4) is 5.88 Å². The molecular formula is C18H13NO3. The van der Waals surface area contributed by atoms with E-state index in [-0.39, 0.29) is 5.88 Å². The topological polar surface area (TPSA) is 56.3 Å². The van der Waals surface area contributed by atoms with E-state index in [4.69, 9.17) is 4.74 Å². The van der Waals surface area contributed by atoms with Gasteiger partial charge in [0.05, 0.1) is 5.52 Å². The molecule has 0 spiro atoms. The van der Waals surface area contributed by atoms with Crippen molar-refractivity contribution in [3.63, 3.8) is 0 Å². The highest BCUT2D eigenvalue weighted by Crippen LogP contribution is 2.16. The summed E-state index contributed by atoms with van der Waals surface area (Å²) < 4.78 is 5.07. The Balaban J connectivity index is 1.80. The Morgan fingerprint density at radius 1 is 0.909 bits per heavy atom. The highest BCUT2D eigenvalue weighted by atomic mass is 16.5. The minimum absolute atomic E-state index is 0.115. The van der Waals surface area contributed by atoms with E-state index in [0.717, 1.165) is 10.9 Å². The number of hydrogen-bond donors (Lipinski definition) is 0. The number of carbonyl (C=O) groups is 2. The molecule has 0 saturated carbocycles. The van der Waals surface area contributed by atoms with Crippen molar-refractivity contribution < 1.29 is 14.3 Å². The second-order valence-electron chi connectivity index (χ2n) is 4.93. The first-order valence-electron chi connectivity index (χ1n) is 6.82. The van der Waals surface area contributed by atoms with Gasteiger partial charge in [-0.2, -0.15) is 0 Å². The summed E-state index contributed by atoms with van der Waals surface area (Å²) in [6.07, 6.45) is 0. The molecular weight excluding hydrogens is 278 g/mol. The predicted molar refractivity (Wildman–Crippen MR) is 82.9 cm³/mol. The molecule has 1 aromatic heterocycles. The molecule has 0 aliphatic rings. The van der Waals surface area contributed by atoms with Crippen LogP contribution < -0.4 is 4.74 Å². The Kier molecular flexibility index (Phi) is 3.66. The van der Waals surface area contributed by atoms with Gasteiger partial charge in [-0.05, 0) is 19.1 Å². The third kappa shape index (κ3) is 2.86. The number of ether oxygens (including phenoxy) is 1. The van der Waals surface area contributed by atoms with Gasteiger partial charge >= 0.3 is 5.97 Å². The van der Waals surface area contributed by atoms with Crippen LogP contribution in [-0.4, -0.2) is 16.7 Å². The number of hydrogen-bond acceptors (Lipinski definition) is 4. The molecule has 0 atom stereocenters. The second-order valence-corrected chi connectivity index (χ2v) is 4.93. The summed E-state index contributed by atoms with van der Waals surface area (Å²) in [6.45, 7) is 1.91. The maximum absolute atomic E-state index is 12.0. The van der Waals surface area contributed by atoms with Crippen molar-refractivity contribution in [1.29, 1.82) is 0 Å². The Morgan fingerprint density at radius 2 is 1.64 bits per heavy atom. The third-order valence-corrected chi connectivity index (χ3v) is 3.27. The van der Waals surface area contributed by atoms with Gasteiger partial charge in [0, 0.05) is 17.0 Å². The van der Waals surface area contributed by atoms with Gasteiger partial charge in [0.1, 0.15) is 0 Å². The molecule has 0 N–H and O–H groups in total. The zero-order valence-corrected chi connectivity index (χ0v) is 11.9. The van der Waals surface area contributed by atoms with Crippen LogP contribution in [0.5, 0.6) is 5.88 Å². The number of Topliss-reactive ketones (excluding diaryl/α,β-unsaturated/α-hetero) is 1. The summed E-state index contributed by atoms with van der Waals surface area (Å²) in [5, 5.41) is 0.937. The number of pyridine rings is 1. The molecule has 1 heterocycles. The fourth-order valence-corrected chi connectivity index (χ4v) is 2.07. The number of nitrogens with zero attached hydrogens (tertiary/aromatic N) is 1. The van der Waals surface area contributed by atoms with Crippen molar-refractivity contribution >= 4 is 22.7 Å². The van der Waals surface area contributed by atoms with Crippen LogP contribution in [0, 0.1) is 6.92 Å². The third-order valence-electron chi connectivity index (χ3n) is 3.27. The van der Waals surface area contributed by atoms with Crippen molar-refractivity contribution in [3.05, 3.63) is 71.8 Å². The first-order chi connectivity index (χ1) is 10.6. The highest BCUT2D eigenvalue weighted by molar-refractivity contribution is 6.41. The minimum Gasteiger partial charge on any atom is -0.401 e. The molecule has 22 heavy (non-hydrogen) atoms. The molecule has 0 fully saturated rings. The van der Waals surface area contributed by atoms with Crippen LogP contribution in [0.1, 0.15) is 15.9 Å². The first-order valence-corrected chi connectivity index (χ1v) is 6.82. The number of rotatable bonds is 3. The summed E-state index contributed by atoms with van der Waals surface area (Å²) in [7, 11) is 0. The standard InChI is InChI=1S/C18H13NO3/c1-12-6-8-14(9-7-12)17(20)18(21)22-16-11-10-13-4-2-3-5-15(13)19-16/h2-11H,1H3. The van der Waals surface area contributed by atoms with Gasteiger partial charge < -0.3 is 4.74 Å². The van der Waals surface area contributed by atoms with E-state index >= 15 is 0 Å². The number of fused-ring (bicyclic) bond motifs is 1. The Hall–Kier alpha value is -3.01. The van der Waals surface area contributed by atoms with E-state index in [1.165, 1.54) is 0 Å². The molecule has 0 unspecified atom stereocenters. The number of para-hydroxylation sites is 1. The predicted octanol–water partition coefficient (Wildman–Crippen LogP) is 3.33. The molecule has 4 heteroatoms. The van der Waals surface area contributed by atoms with Gasteiger partial charge in [-0.15, -0.1) is 0 Å². The van der Waals surface area contributed by atoms with Gasteiger partial charge in [-0.1, -0.05) is 48.0 Å². The Labute approximate surface area is 127 Å². The van der Waals surface area contributed by atoms with E-state index in [1.54, 1.807) is 36.4 Å². The van der Waals surface area contributed by atoms with Crippen molar-refractivity contribution in [2.24, 2.45) is 0 Å². The normalized spacial score (nSPS) is 10.4. The van der Waals surface area contributed by atoms with E-state index in [2.05, 4.69) is 4.98 Å². The summed E-state index contributed by atoms with van der Waals surface area (Å²) in [6, 6.07) is 17.6. The molecule has 0 amide bonds. The van der Waals surface area contributed by atoms with Crippen LogP contribution in [-0.2, 0) is 4.79 Å². The maximum atomic E-state index is 12.0. The molecule has 0 aliphatic carbocycles. The minimum atomic E-state index is -0.938. The molecule has 3 rings (SSSR count). The number of benzene rings is 2. The van der Waals surface area contributed by atoms with Gasteiger partial charge in [0.15, 0.2) is 0 Å². The quantitative estimate of drug-likeness (QED) is 0.422. The summed E-state index contributed by atoms with van der Waals surface area (Å²) in [5.74, 6) is -1.51. The lowest BCUT2D eigenvalue weighted by molar-refractivity contribution is -0.129. The molecule has 108 valence electrons. The van der Waals surface area contributed by atoms with Gasteiger partial charge in [-0.25, -0.2) is 9.78 Å². The van der Waals surface area contributed by atoms with E-state index in [9.17, 15) is 9.59 Å². The monoisotopic (exact) mass is 291 g/mol. The molecule has 0 radical (unpaired) electrons.